The molecular weight excluding hydrogens is 464 g/mol. The van der Waals surface area contributed by atoms with Crippen LogP contribution >= 0.6 is 27.7 Å². The topological polar surface area (TPSA) is 69.0 Å². The number of nitrogens with zero attached hydrogens (tertiary/aromatic N) is 3. The maximum Gasteiger partial charge on any atom is 0.234 e. The van der Waals surface area contributed by atoms with E-state index in [4.69, 9.17) is 4.74 Å². The van der Waals surface area contributed by atoms with E-state index in [9.17, 15) is 4.79 Å². The molecule has 0 fully saturated rings. The number of benzene rings is 2. The van der Waals surface area contributed by atoms with Gasteiger partial charge in [0.15, 0.2) is 5.16 Å². The highest BCUT2D eigenvalue weighted by Crippen LogP contribution is 2.28. The van der Waals surface area contributed by atoms with Crippen LogP contribution < -0.4 is 10.1 Å². The van der Waals surface area contributed by atoms with Gasteiger partial charge in [0, 0.05) is 23.6 Å². The fourth-order valence-corrected chi connectivity index (χ4v) is 4.10. The summed E-state index contributed by atoms with van der Waals surface area (Å²) in [5, 5.41) is 12.3. The highest BCUT2D eigenvalue weighted by Gasteiger charge is 2.14. The first-order chi connectivity index (χ1) is 14.4. The van der Waals surface area contributed by atoms with Crippen molar-refractivity contribution in [2.45, 2.75) is 31.3 Å². The average Bonchev–Trinajstić information content (AvgIpc) is 3.07. The normalized spacial score (nSPS) is 11.0. The molecule has 0 bridgehead atoms. The molecule has 3 rings (SSSR count). The molecule has 158 valence electrons. The predicted molar refractivity (Wildman–Crippen MR) is 124 cm³/mol. The Morgan fingerprint density at radius 1 is 1.20 bits per heavy atom. The first-order valence-electron chi connectivity index (χ1n) is 9.60. The fourth-order valence-electron chi connectivity index (χ4n) is 2.99. The van der Waals surface area contributed by atoms with Crippen LogP contribution in [0.25, 0.3) is 0 Å². The number of hydrogen-bond donors (Lipinski definition) is 1. The summed E-state index contributed by atoms with van der Waals surface area (Å²) in [7, 11) is 3.57. The molecule has 0 aliphatic rings. The number of rotatable bonds is 8. The second-order valence-corrected chi connectivity index (χ2v) is 9.06. The van der Waals surface area contributed by atoms with Crippen molar-refractivity contribution < 1.29 is 9.53 Å². The van der Waals surface area contributed by atoms with Crippen LogP contribution in [0.5, 0.6) is 5.75 Å². The predicted octanol–water partition coefficient (Wildman–Crippen LogP) is 5.03. The molecule has 1 aromatic heterocycles. The number of hydrogen-bond acceptors (Lipinski definition) is 5. The van der Waals surface area contributed by atoms with Crippen molar-refractivity contribution in [3.05, 3.63) is 63.9 Å². The van der Waals surface area contributed by atoms with Crippen LogP contribution in [0.1, 0.15) is 36.7 Å². The largest absolute Gasteiger partial charge is 0.497 e. The Labute approximate surface area is 189 Å². The SMILES string of the molecule is COc1ccc(Cc2nnc(SCC(=O)Nc3ccc(Br)cc3C(C)C)n2C)cc1. The maximum absolute atomic E-state index is 12.5. The summed E-state index contributed by atoms with van der Waals surface area (Å²) in [5.74, 6) is 2.18. The standard InChI is InChI=1S/C22H25BrN4O2S/c1-14(2)18-12-16(23)7-10-19(18)24-21(28)13-30-22-26-25-20(27(22)3)11-15-5-8-17(29-4)9-6-15/h5-10,12,14H,11,13H2,1-4H3,(H,24,28). The number of ether oxygens (including phenoxy) is 1. The number of carbonyl (C=O) groups excluding carboxylic acids is 1. The van der Waals surface area contributed by atoms with Gasteiger partial charge in [0.25, 0.3) is 0 Å². The minimum Gasteiger partial charge on any atom is -0.497 e. The molecule has 0 saturated carbocycles. The number of thioether (sulfide) groups is 1. The third-order valence-corrected chi connectivity index (χ3v) is 6.20. The second-order valence-electron chi connectivity index (χ2n) is 7.21. The van der Waals surface area contributed by atoms with Crippen molar-refractivity contribution in [2.75, 3.05) is 18.2 Å². The summed E-state index contributed by atoms with van der Waals surface area (Å²) < 4.78 is 8.13. The molecule has 0 radical (unpaired) electrons. The van der Waals surface area contributed by atoms with Crippen LogP contribution in [-0.2, 0) is 18.3 Å². The molecule has 0 spiro atoms. The fraction of sp³-hybridized carbons (Fsp3) is 0.318. The van der Waals surface area contributed by atoms with E-state index in [-0.39, 0.29) is 11.7 Å². The highest BCUT2D eigenvalue weighted by atomic mass is 79.9. The van der Waals surface area contributed by atoms with Gasteiger partial charge < -0.3 is 14.6 Å². The molecule has 0 atom stereocenters. The van der Waals surface area contributed by atoms with Gasteiger partial charge in [-0.3, -0.25) is 4.79 Å². The van der Waals surface area contributed by atoms with Gasteiger partial charge >= 0.3 is 0 Å². The molecule has 0 unspecified atom stereocenters. The molecule has 1 N–H and O–H groups in total. The van der Waals surface area contributed by atoms with Gasteiger partial charge in [-0.2, -0.15) is 0 Å². The maximum atomic E-state index is 12.5. The third kappa shape index (κ3) is 5.64. The summed E-state index contributed by atoms with van der Waals surface area (Å²) in [6.45, 7) is 4.21. The van der Waals surface area contributed by atoms with E-state index in [0.29, 0.717) is 17.5 Å². The summed E-state index contributed by atoms with van der Waals surface area (Å²) >= 11 is 4.87. The molecule has 8 heteroatoms. The van der Waals surface area contributed by atoms with Gasteiger partial charge in [-0.15, -0.1) is 10.2 Å². The van der Waals surface area contributed by atoms with Gasteiger partial charge in [-0.1, -0.05) is 53.7 Å². The summed E-state index contributed by atoms with van der Waals surface area (Å²) in [4.78, 5) is 12.5. The molecule has 2 aromatic carbocycles. The zero-order chi connectivity index (χ0) is 21.7. The Hall–Kier alpha value is -2.32. The van der Waals surface area contributed by atoms with E-state index in [0.717, 1.165) is 32.9 Å². The third-order valence-electron chi connectivity index (χ3n) is 4.69. The van der Waals surface area contributed by atoms with Crippen molar-refractivity contribution >= 4 is 39.3 Å². The number of amides is 1. The van der Waals surface area contributed by atoms with Gasteiger partial charge in [0.2, 0.25) is 5.91 Å². The molecule has 1 heterocycles. The Morgan fingerprint density at radius 2 is 1.93 bits per heavy atom. The highest BCUT2D eigenvalue weighted by molar-refractivity contribution is 9.10. The van der Waals surface area contributed by atoms with E-state index >= 15 is 0 Å². The number of anilines is 1. The summed E-state index contributed by atoms with van der Waals surface area (Å²) in [5.41, 5.74) is 3.07. The molecule has 0 saturated heterocycles. The molecule has 0 aliphatic heterocycles. The first-order valence-corrected chi connectivity index (χ1v) is 11.4. The molecule has 3 aromatic rings. The Kier molecular flexibility index (Phi) is 7.55. The van der Waals surface area contributed by atoms with E-state index in [1.54, 1.807) is 7.11 Å². The van der Waals surface area contributed by atoms with Crippen molar-refractivity contribution in [3.63, 3.8) is 0 Å². The zero-order valence-electron chi connectivity index (χ0n) is 17.5. The molecular formula is C22H25BrN4O2S. The molecule has 30 heavy (non-hydrogen) atoms. The van der Waals surface area contributed by atoms with Crippen LogP contribution in [-0.4, -0.2) is 33.5 Å². The first kappa shape index (κ1) is 22.4. The zero-order valence-corrected chi connectivity index (χ0v) is 19.9. The number of carbonyl (C=O) groups is 1. The molecule has 0 aliphatic carbocycles. The number of nitrogens with one attached hydrogen (secondary N) is 1. The Balaban J connectivity index is 1.60. The second kappa shape index (κ2) is 10.1. The van der Waals surface area contributed by atoms with E-state index in [2.05, 4.69) is 45.3 Å². The lowest BCUT2D eigenvalue weighted by atomic mass is 10.0. The lowest BCUT2D eigenvalue weighted by Gasteiger charge is -2.14. The van der Waals surface area contributed by atoms with Crippen molar-refractivity contribution in [1.82, 2.24) is 14.8 Å². The average molecular weight is 489 g/mol. The number of aromatic nitrogens is 3. The minimum atomic E-state index is -0.0658. The summed E-state index contributed by atoms with van der Waals surface area (Å²) in [6.07, 6.45) is 0.664. The van der Waals surface area contributed by atoms with Crippen molar-refractivity contribution in [3.8, 4) is 5.75 Å². The van der Waals surface area contributed by atoms with Crippen molar-refractivity contribution in [2.24, 2.45) is 7.05 Å². The Bertz CT molecular complexity index is 1020. The van der Waals surface area contributed by atoms with Gasteiger partial charge in [-0.05, 0) is 47.4 Å². The smallest absolute Gasteiger partial charge is 0.234 e. The van der Waals surface area contributed by atoms with Gasteiger partial charge in [0.1, 0.15) is 11.6 Å². The number of methoxy groups -OCH3 is 1. The van der Waals surface area contributed by atoms with Crippen LogP contribution in [0.2, 0.25) is 0 Å². The van der Waals surface area contributed by atoms with Gasteiger partial charge in [-0.25, -0.2) is 0 Å². The van der Waals surface area contributed by atoms with Crippen LogP contribution in [0.3, 0.4) is 0 Å². The monoisotopic (exact) mass is 488 g/mol. The molecule has 6 nitrogen and oxygen atoms in total. The van der Waals surface area contributed by atoms with Crippen LogP contribution in [0, 0.1) is 0 Å². The van der Waals surface area contributed by atoms with E-state index in [1.807, 2.05) is 54.1 Å². The quantitative estimate of drug-likeness (QED) is 0.450. The van der Waals surface area contributed by atoms with E-state index in [1.165, 1.54) is 11.8 Å². The van der Waals surface area contributed by atoms with Crippen LogP contribution in [0.15, 0.2) is 52.1 Å². The molecule has 1 amide bonds. The van der Waals surface area contributed by atoms with Gasteiger partial charge in [0.05, 0.1) is 12.9 Å². The number of halogens is 1. The Morgan fingerprint density at radius 3 is 2.60 bits per heavy atom. The van der Waals surface area contributed by atoms with Crippen molar-refractivity contribution in [1.29, 1.82) is 0 Å². The lowest BCUT2D eigenvalue weighted by Crippen LogP contribution is -2.16. The summed E-state index contributed by atoms with van der Waals surface area (Å²) in [6, 6.07) is 13.8. The lowest BCUT2D eigenvalue weighted by molar-refractivity contribution is -0.113. The minimum absolute atomic E-state index is 0.0658. The van der Waals surface area contributed by atoms with Crippen LogP contribution in [0.4, 0.5) is 5.69 Å². The van der Waals surface area contributed by atoms with E-state index < -0.39 is 0 Å².